The molecule has 1 rings (SSSR count). The molecule has 1 aliphatic rings. The Labute approximate surface area is 86.8 Å². The van der Waals surface area contributed by atoms with Gasteiger partial charge in [-0.25, -0.2) is 4.79 Å². The number of carbonyl (C=O) groups is 3. The molecule has 0 aliphatic carbocycles. The Morgan fingerprint density at radius 2 is 1.93 bits per heavy atom. The third-order valence-electron chi connectivity index (χ3n) is 2.28. The zero-order valence-electron chi connectivity index (χ0n) is 8.60. The third-order valence-corrected chi connectivity index (χ3v) is 2.28. The van der Waals surface area contributed by atoms with Crippen molar-refractivity contribution in [2.45, 2.75) is 32.4 Å². The summed E-state index contributed by atoms with van der Waals surface area (Å²) in [5, 5.41) is 8.85. The number of carboxylic acids is 1. The fourth-order valence-electron chi connectivity index (χ4n) is 1.70. The topological polar surface area (TPSA) is 83.9 Å². The Kier molecular flexibility index (Phi) is 3.28. The Morgan fingerprint density at radius 3 is 2.27 bits per heavy atom. The van der Waals surface area contributed by atoms with Gasteiger partial charge < -0.3 is 14.7 Å². The molecule has 0 radical (unpaired) electrons. The van der Waals surface area contributed by atoms with Crippen LogP contribution in [0.25, 0.3) is 0 Å². The highest BCUT2D eigenvalue weighted by atomic mass is 16.5. The van der Waals surface area contributed by atoms with Crippen molar-refractivity contribution in [3.63, 3.8) is 0 Å². The number of likely N-dealkylation sites (tertiary alicyclic amines) is 1. The van der Waals surface area contributed by atoms with Crippen LogP contribution in [0, 0.1) is 0 Å². The number of hydrogen-bond donors (Lipinski definition) is 1. The van der Waals surface area contributed by atoms with Gasteiger partial charge in [0.1, 0.15) is 12.1 Å². The van der Waals surface area contributed by atoms with E-state index >= 15 is 0 Å². The molecule has 0 aromatic rings. The number of amides is 1. The van der Waals surface area contributed by atoms with Crippen molar-refractivity contribution in [2.24, 2.45) is 0 Å². The zero-order valence-corrected chi connectivity index (χ0v) is 8.60. The smallest absolute Gasteiger partial charge is 0.326 e. The first-order chi connectivity index (χ1) is 6.91. The van der Waals surface area contributed by atoms with Crippen LogP contribution in [0.1, 0.15) is 20.3 Å². The maximum atomic E-state index is 11.1. The fraction of sp³-hybridized carbons (Fsp3) is 0.667. The first-order valence-electron chi connectivity index (χ1n) is 4.59. The first kappa shape index (κ1) is 11.5. The Hall–Kier alpha value is -1.59. The Morgan fingerprint density at radius 1 is 1.33 bits per heavy atom. The number of rotatable bonds is 2. The maximum Gasteiger partial charge on any atom is 0.326 e. The van der Waals surface area contributed by atoms with E-state index in [1.807, 2.05) is 0 Å². The summed E-state index contributed by atoms with van der Waals surface area (Å²) in [6, 6.07) is -0.883. The van der Waals surface area contributed by atoms with Gasteiger partial charge in [-0.2, -0.15) is 0 Å². The molecule has 1 saturated heterocycles. The van der Waals surface area contributed by atoms with E-state index in [1.165, 1.54) is 18.7 Å². The van der Waals surface area contributed by atoms with Gasteiger partial charge in [-0.1, -0.05) is 0 Å². The SMILES string of the molecule is CC(=O)O[C@@H]1C[C@@H](C(=O)O)N(C(C)=O)C1. The lowest BCUT2D eigenvalue weighted by molar-refractivity contribution is -0.147. The predicted octanol–water partition coefficient (Wildman–Crippen LogP) is -0.376. The molecule has 0 saturated carbocycles. The lowest BCUT2D eigenvalue weighted by atomic mass is 10.2. The highest BCUT2D eigenvalue weighted by Crippen LogP contribution is 2.20. The third kappa shape index (κ3) is 2.68. The second kappa shape index (κ2) is 4.29. The molecule has 0 bridgehead atoms. The van der Waals surface area contributed by atoms with Gasteiger partial charge in [0, 0.05) is 20.3 Å². The normalized spacial score (nSPS) is 25.1. The highest BCUT2D eigenvalue weighted by molar-refractivity contribution is 5.83. The van der Waals surface area contributed by atoms with Gasteiger partial charge in [0.05, 0.1) is 6.54 Å². The molecule has 1 fully saturated rings. The summed E-state index contributed by atoms with van der Waals surface area (Å²) in [6.45, 7) is 2.71. The molecule has 0 aromatic carbocycles. The number of nitrogens with zero attached hydrogens (tertiary/aromatic N) is 1. The summed E-state index contributed by atoms with van der Waals surface area (Å²) in [6.07, 6.45) is -0.346. The molecule has 0 spiro atoms. The summed E-state index contributed by atoms with van der Waals surface area (Å²) in [5.74, 6) is -1.86. The second-order valence-corrected chi connectivity index (χ2v) is 3.49. The summed E-state index contributed by atoms with van der Waals surface area (Å²) >= 11 is 0. The molecule has 1 heterocycles. The van der Waals surface area contributed by atoms with Crippen LogP contribution >= 0.6 is 0 Å². The number of carboxylic acid groups (broad SMARTS) is 1. The average Bonchev–Trinajstić information content (AvgIpc) is 2.46. The van der Waals surface area contributed by atoms with E-state index in [0.29, 0.717) is 0 Å². The molecule has 2 atom stereocenters. The van der Waals surface area contributed by atoms with E-state index in [-0.39, 0.29) is 18.9 Å². The largest absolute Gasteiger partial charge is 0.480 e. The second-order valence-electron chi connectivity index (χ2n) is 3.49. The predicted molar refractivity (Wildman–Crippen MR) is 49.0 cm³/mol. The van der Waals surface area contributed by atoms with Gasteiger partial charge in [0.2, 0.25) is 5.91 Å². The molecular formula is C9H13NO5. The molecule has 15 heavy (non-hydrogen) atoms. The lowest BCUT2D eigenvalue weighted by Crippen LogP contribution is -2.39. The average molecular weight is 215 g/mol. The summed E-state index contributed by atoms with van der Waals surface area (Å²) in [7, 11) is 0. The van der Waals surface area contributed by atoms with E-state index in [4.69, 9.17) is 9.84 Å². The van der Waals surface area contributed by atoms with Gasteiger partial charge >= 0.3 is 11.9 Å². The van der Waals surface area contributed by atoms with Gasteiger partial charge in [-0.3, -0.25) is 9.59 Å². The molecule has 1 N–H and O–H groups in total. The number of ether oxygens (including phenoxy) is 1. The van der Waals surface area contributed by atoms with E-state index in [9.17, 15) is 14.4 Å². The lowest BCUT2D eigenvalue weighted by Gasteiger charge is -2.18. The molecule has 0 aromatic heterocycles. The standard InChI is InChI=1S/C9H13NO5/c1-5(11)10-4-7(15-6(2)12)3-8(10)9(13)14/h7-8H,3-4H2,1-2H3,(H,13,14)/t7-,8+/m1/s1. The van der Waals surface area contributed by atoms with E-state index in [1.54, 1.807) is 0 Å². The minimum absolute atomic E-state index is 0.159. The monoisotopic (exact) mass is 215 g/mol. The van der Waals surface area contributed by atoms with Crippen LogP contribution in [0.2, 0.25) is 0 Å². The van der Waals surface area contributed by atoms with Crippen molar-refractivity contribution in [1.82, 2.24) is 4.90 Å². The number of esters is 1. The van der Waals surface area contributed by atoms with Crippen LogP contribution in [-0.4, -0.2) is 46.5 Å². The van der Waals surface area contributed by atoms with E-state index in [2.05, 4.69) is 0 Å². The van der Waals surface area contributed by atoms with Gasteiger partial charge in [-0.15, -0.1) is 0 Å². The van der Waals surface area contributed by atoms with E-state index in [0.717, 1.165) is 0 Å². The van der Waals surface area contributed by atoms with Gasteiger partial charge in [-0.05, 0) is 0 Å². The quantitative estimate of drug-likeness (QED) is 0.635. The van der Waals surface area contributed by atoms with Crippen LogP contribution in [0.5, 0.6) is 0 Å². The van der Waals surface area contributed by atoms with E-state index < -0.39 is 24.1 Å². The minimum Gasteiger partial charge on any atom is -0.480 e. The Balaban J connectivity index is 2.69. The molecule has 6 heteroatoms. The van der Waals surface area contributed by atoms with Crippen molar-refractivity contribution in [2.75, 3.05) is 6.54 Å². The summed E-state index contributed by atoms with van der Waals surface area (Å²) < 4.78 is 4.88. The van der Waals surface area contributed by atoms with Crippen LogP contribution in [-0.2, 0) is 19.1 Å². The van der Waals surface area contributed by atoms with Crippen LogP contribution in [0.4, 0.5) is 0 Å². The minimum atomic E-state index is -1.07. The summed E-state index contributed by atoms with van der Waals surface area (Å²) in [4.78, 5) is 33.8. The fourth-order valence-corrected chi connectivity index (χ4v) is 1.70. The van der Waals surface area contributed by atoms with Crippen molar-refractivity contribution in [3.8, 4) is 0 Å². The number of carbonyl (C=O) groups excluding carboxylic acids is 2. The van der Waals surface area contributed by atoms with Gasteiger partial charge in [0.15, 0.2) is 0 Å². The number of hydrogen-bond acceptors (Lipinski definition) is 4. The zero-order chi connectivity index (χ0) is 11.6. The Bertz CT molecular complexity index is 279. The van der Waals surface area contributed by atoms with Crippen LogP contribution in [0.15, 0.2) is 0 Å². The molecule has 84 valence electrons. The first-order valence-corrected chi connectivity index (χ1v) is 4.59. The molecule has 0 unspecified atom stereocenters. The summed E-state index contributed by atoms with van der Waals surface area (Å²) in [5.41, 5.74) is 0. The van der Waals surface area contributed by atoms with Crippen molar-refractivity contribution in [3.05, 3.63) is 0 Å². The molecular weight excluding hydrogens is 202 g/mol. The molecule has 6 nitrogen and oxygen atoms in total. The van der Waals surface area contributed by atoms with Crippen LogP contribution < -0.4 is 0 Å². The highest BCUT2D eigenvalue weighted by Gasteiger charge is 2.39. The maximum absolute atomic E-state index is 11.1. The van der Waals surface area contributed by atoms with Gasteiger partial charge in [0.25, 0.3) is 0 Å². The molecule has 1 aliphatic heterocycles. The van der Waals surface area contributed by atoms with Crippen molar-refractivity contribution >= 4 is 17.8 Å². The number of aliphatic carboxylic acids is 1. The van der Waals surface area contributed by atoms with Crippen LogP contribution in [0.3, 0.4) is 0 Å². The van der Waals surface area contributed by atoms with Crippen molar-refractivity contribution in [1.29, 1.82) is 0 Å². The van der Waals surface area contributed by atoms with Crippen molar-refractivity contribution < 1.29 is 24.2 Å². The molecule has 1 amide bonds.